The number of hydrogen-bond donors (Lipinski definition) is 1. The molecule has 0 bridgehead atoms. The van der Waals surface area contributed by atoms with Crippen LogP contribution in [0.15, 0.2) is 35.8 Å². The number of hydrazone groups is 1. The Bertz CT molecular complexity index is 1360. The Labute approximate surface area is 218 Å². The van der Waals surface area contributed by atoms with Gasteiger partial charge in [0.1, 0.15) is 9.84 Å². The lowest BCUT2D eigenvalue weighted by Gasteiger charge is -2.23. The SMILES string of the molecule is CCN(CC)CCN(/N=C/c1cc(-c2cncn2C)nc2cc(C)c(CCS(C)(=O)=O)cc12)C(N)=S. The van der Waals surface area contributed by atoms with Crippen LogP contribution in [0.3, 0.4) is 0 Å². The first-order valence-electron chi connectivity index (χ1n) is 11.9. The van der Waals surface area contributed by atoms with E-state index in [-0.39, 0.29) is 10.9 Å². The van der Waals surface area contributed by atoms with E-state index in [1.807, 2.05) is 36.7 Å². The van der Waals surface area contributed by atoms with E-state index in [0.29, 0.717) is 13.0 Å². The van der Waals surface area contributed by atoms with Gasteiger partial charge in [-0.15, -0.1) is 0 Å². The highest BCUT2D eigenvalue weighted by molar-refractivity contribution is 7.90. The second-order valence-corrected chi connectivity index (χ2v) is 11.6. The van der Waals surface area contributed by atoms with Gasteiger partial charge in [-0.25, -0.2) is 23.4 Å². The molecular weight excluding hydrogens is 494 g/mol. The number of pyridine rings is 1. The van der Waals surface area contributed by atoms with E-state index in [1.165, 1.54) is 6.26 Å². The minimum Gasteiger partial charge on any atom is -0.375 e. The van der Waals surface area contributed by atoms with Gasteiger partial charge in [-0.05, 0) is 68.0 Å². The number of nitrogens with zero attached hydrogens (tertiary/aromatic N) is 6. The summed E-state index contributed by atoms with van der Waals surface area (Å²) in [5.74, 6) is 0.0872. The van der Waals surface area contributed by atoms with Crippen molar-refractivity contribution in [1.82, 2.24) is 24.4 Å². The van der Waals surface area contributed by atoms with Crippen molar-refractivity contribution in [2.75, 3.05) is 38.2 Å². The summed E-state index contributed by atoms with van der Waals surface area (Å²) < 4.78 is 25.5. The maximum atomic E-state index is 11.8. The Kier molecular flexibility index (Phi) is 9.15. The normalized spacial score (nSPS) is 12.2. The molecule has 194 valence electrons. The molecule has 0 saturated carbocycles. The lowest BCUT2D eigenvalue weighted by atomic mass is 9.99. The van der Waals surface area contributed by atoms with E-state index in [4.69, 9.17) is 22.9 Å². The first-order valence-corrected chi connectivity index (χ1v) is 14.4. The molecule has 9 nitrogen and oxygen atoms in total. The summed E-state index contributed by atoms with van der Waals surface area (Å²) in [5, 5.41) is 7.35. The number of likely N-dealkylation sites (N-methyl/N-ethyl adjacent to an activating group) is 1. The van der Waals surface area contributed by atoms with Crippen molar-refractivity contribution in [2.45, 2.75) is 27.2 Å². The molecule has 0 radical (unpaired) electrons. The molecular formula is C25H35N7O2S2. The largest absolute Gasteiger partial charge is 0.375 e. The molecule has 1 aromatic carbocycles. The third-order valence-electron chi connectivity index (χ3n) is 6.23. The van der Waals surface area contributed by atoms with Gasteiger partial charge < -0.3 is 15.2 Å². The van der Waals surface area contributed by atoms with Crippen LogP contribution in [0.25, 0.3) is 22.3 Å². The van der Waals surface area contributed by atoms with Crippen molar-refractivity contribution >= 4 is 44.3 Å². The molecule has 2 aromatic heterocycles. The number of imidazole rings is 1. The minimum absolute atomic E-state index is 0.0872. The molecule has 0 atom stereocenters. The second-order valence-electron chi connectivity index (χ2n) is 8.90. The van der Waals surface area contributed by atoms with E-state index in [9.17, 15) is 8.42 Å². The van der Waals surface area contributed by atoms with Gasteiger partial charge in [0.05, 0.1) is 47.9 Å². The van der Waals surface area contributed by atoms with E-state index in [1.54, 1.807) is 23.7 Å². The molecule has 36 heavy (non-hydrogen) atoms. The van der Waals surface area contributed by atoms with E-state index in [0.717, 1.165) is 58.6 Å². The van der Waals surface area contributed by atoms with Crippen LogP contribution < -0.4 is 5.73 Å². The van der Waals surface area contributed by atoms with Gasteiger partial charge >= 0.3 is 0 Å². The topological polar surface area (TPSA) is 110 Å². The zero-order valence-electron chi connectivity index (χ0n) is 21.6. The lowest BCUT2D eigenvalue weighted by Crippen LogP contribution is -2.38. The van der Waals surface area contributed by atoms with Gasteiger partial charge in [0, 0.05) is 30.8 Å². The molecule has 0 spiro atoms. The summed E-state index contributed by atoms with van der Waals surface area (Å²) in [5.41, 5.74) is 11.2. The molecule has 3 rings (SSSR count). The first kappa shape index (κ1) is 27.7. The van der Waals surface area contributed by atoms with Gasteiger partial charge in [-0.2, -0.15) is 5.10 Å². The number of benzene rings is 1. The highest BCUT2D eigenvalue weighted by Crippen LogP contribution is 2.27. The van der Waals surface area contributed by atoms with Crippen molar-refractivity contribution in [3.63, 3.8) is 0 Å². The minimum atomic E-state index is -3.08. The van der Waals surface area contributed by atoms with Gasteiger partial charge in [-0.3, -0.25) is 0 Å². The van der Waals surface area contributed by atoms with E-state index < -0.39 is 9.84 Å². The van der Waals surface area contributed by atoms with Crippen molar-refractivity contribution in [2.24, 2.45) is 17.9 Å². The predicted octanol–water partition coefficient (Wildman–Crippen LogP) is 2.75. The fraction of sp³-hybridized carbons (Fsp3) is 0.440. The number of nitrogens with two attached hydrogens (primary N) is 1. The van der Waals surface area contributed by atoms with Crippen LogP contribution >= 0.6 is 12.2 Å². The third-order valence-corrected chi connectivity index (χ3v) is 7.39. The molecule has 0 unspecified atom stereocenters. The fourth-order valence-electron chi connectivity index (χ4n) is 3.99. The molecule has 3 aromatic rings. The zero-order chi connectivity index (χ0) is 26.5. The number of sulfone groups is 1. The maximum Gasteiger partial charge on any atom is 0.187 e. The number of aryl methyl sites for hydroxylation is 3. The van der Waals surface area contributed by atoms with Crippen molar-refractivity contribution in [1.29, 1.82) is 0 Å². The summed E-state index contributed by atoms with van der Waals surface area (Å²) >= 11 is 5.26. The average Bonchev–Trinajstić information content (AvgIpc) is 3.24. The number of rotatable bonds is 11. The standard InChI is InChI=1S/C25H35N7O2S2/c1-6-31(7-2)9-10-32(25(26)35)28-15-20-14-23(24-16-27-17-30(24)4)29-22-12-18(3)19(13-21(20)22)8-11-36(5,33)34/h12-17H,6-11H2,1-5H3,(H2,26,35)/b28-15+. The molecule has 11 heteroatoms. The zero-order valence-corrected chi connectivity index (χ0v) is 23.2. The molecule has 0 saturated heterocycles. The van der Waals surface area contributed by atoms with Gasteiger partial charge in [0.15, 0.2) is 5.11 Å². The summed E-state index contributed by atoms with van der Waals surface area (Å²) in [7, 11) is -1.16. The molecule has 0 aliphatic heterocycles. The third kappa shape index (κ3) is 7.08. The Morgan fingerprint density at radius 1 is 1.22 bits per heavy atom. The lowest BCUT2D eigenvalue weighted by molar-refractivity contribution is 0.271. The number of aromatic nitrogens is 3. The Morgan fingerprint density at radius 2 is 1.94 bits per heavy atom. The van der Waals surface area contributed by atoms with Gasteiger partial charge in [-0.1, -0.05) is 13.8 Å². The van der Waals surface area contributed by atoms with Crippen molar-refractivity contribution in [3.05, 3.63) is 47.4 Å². The Hall–Kier alpha value is -2.89. The van der Waals surface area contributed by atoms with E-state index >= 15 is 0 Å². The number of thiocarbonyl (C=S) groups is 1. The van der Waals surface area contributed by atoms with Crippen LogP contribution in [0.2, 0.25) is 0 Å². The fourth-order valence-corrected chi connectivity index (χ4v) is 4.72. The van der Waals surface area contributed by atoms with Crippen molar-refractivity contribution in [3.8, 4) is 11.4 Å². The van der Waals surface area contributed by atoms with Crippen LogP contribution in [0, 0.1) is 6.92 Å². The molecule has 0 aliphatic rings. The smallest absolute Gasteiger partial charge is 0.187 e. The number of hydrogen-bond acceptors (Lipinski definition) is 7. The quantitative estimate of drug-likeness (QED) is 0.229. The molecule has 2 heterocycles. The summed E-state index contributed by atoms with van der Waals surface area (Å²) in [6.45, 7) is 9.44. The monoisotopic (exact) mass is 529 g/mol. The summed E-state index contributed by atoms with van der Waals surface area (Å²) in [4.78, 5) is 11.4. The van der Waals surface area contributed by atoms with Crippen LogP contribution in [0.1, 0.15) is 30.5 Å². The molecule has 2 N–H and O–H groups in total. The van der Waals surface area contributed by atoms with Gasteiger partial charge in [0.25, 0.3) is 0 Å². The molecule has 0 aliphatic carbocycles. The van der Waals surface area contributed by atoms with Crippen LogP contribution in [-0.4, -0.2) is 82.4 Å². The van der Waals surface area contributed by atoms with E-state index in [2.05, 4.69) is 28.8 Å². The predicted molar refractivity (Wildman–Crippen MR) is 151 cm³/mol. The maximum absolute atomic E-state index is 11.8. The average molecular weight is 530 g/mol. The van der Waals surface area contributed by atoms with Crippen molar-refractivity contribution < 1.29 is 8.42 Å². The first-order chi connectivity index (χ1) is 17.0. The number of fused-ring (bicyclic) bond motifs is 1. The summed E-state index contributed by atoms with van der Waals surface area (Å²) in [6, 6.07) is 5.97. The van der Waals surface area contributed by atoms with Crippen LogP contribution in [0.4, 0.5) is 0 Å². The van der Waals surface area contributed by atoms with Crippen LogP contribution in [-0.2, 0) is 23.3 Å². The van der Waals surface area contributed by atoms with Crippen LogP contribution in [0.5, 0.6) is 0 Å². The summed E-state index contributed by atoms with van der Waals surface area (Å²) in [6.07, 6.45) is 6.94. The Morgan fingerprint density at radius 3 is 2.53 bits per heavy atom. The molecule has 0 amide bonds. The van der Waals surface area contributed by atoms with Gasteiger partial charge in [0.2, 0.25) is 0 Å². The highest BCUT2D eigenvalue weighted by Gasteiger charge is 2.14. The molecule has 0 fully saturated rings. The Balaban J connectivity index is 2.08. The highest BCUT2D eigenvalue weighted by atomic mass is 32.2. The second kappa shape index (κ2) is 11.9.